The summed E-state index contributed by atoms with van der Waals surface area (Å²) in [5, 5.41) is 4.71. The van der Waals surface area contributed by atoms with Crippen molar-refractivity contribution in [3.05, 3.63) is 22.7 Å². The highest BCUT2D eigenvalue weighted by molar-refractivity contribution is 7.18. The van der Waals surface area contributed by atoms with Gasteiger partial charge in [0, 0.05) is 12.5 Å². The van der Waals surface area contributed by atoms with Crippen LogP contribution in [0.15, 0.2) is 12.1 Å². The van der Waals surface area contributed by atoms with Crippen LogP contribution in [-0.2, 0) is 0 Å². The van der Waals surface area contributed by atoms with Crippen LogP contribution in [0.4, 0.5) is 0 Å². The number of thiazole rings is 1. The Morgan fingerprint density at radius 2 is 2.33 bits per heavy atom. The Kier molecular flexibility index (Phi) is 3.22. The van der Waals surface area contributed by atoms with Crippen LogP contribution < -0.4 is 10.1 Å². The van der Waals surface area contributed by atoms with Gasteiger partial charge in [0.1, 0.15) is 11.3 Å². The smallest absolute Gasteiger partial charge is 0.145 e. The van der Waals surface area contributed by atoms with E-state index in [1.807, 2.05) is 17.4 Å². The van der Waals surface area contributed by atoms with Gasteiger partial charge in [0.2, 0.25) is 0 Å². The molecule has 0 spiro atoms. The molecule has 1 unspecified atom stereocenters. The number of hydrogen-bond acceptors (Lipinski definition) is 4. The van der Waals surface area contributed by atoms with Gasteiger partial charge in [0.25, 0.3) is 0 Å². The van der Waals surface area contributed by atoms with Crippen LogP contribution in [0.1, 0.15) is 29.3 Å². The third-order valence-corrected chi connectivity index (χ3v) is 4.94. The second-order valence-electron chi connectivity index (χ2n) is 4.86. The molecule has 0 bridgehead atoms. The molecule has 3 rings (SSSR count). The van der Waals surface area contributed by atoms with E-state index in [0.29, 0.717) is 5.92 Å². The molecule has 0 radical (unpaired) electrons. The summed E-state index contributed by atoms with van der Waals surface area (Å²) in [6.07, 6.45) is 2.49. The number of ether oxygens (including phenoxy) is 1. The molecule has 3 nitrogen and oxygen atoms in total. The van der Waals surface area contributed by atoms with E-state index in [2.05, 4.69) is 18.3 Å². The van der Waals surface area contributed by atoms with Crippen molar-refractivity contribution in [2.24, 2.45) is 0 Å². The van der Waals surface area contributed by atoms with Gasteiger partial charge in [-0.25, -0.2) is 4.98 Å². The summed E-state index contributed by atoms with van der Waals surface area (Å²) < 4.78 is 6.68. The van der Waals surface area contributed by atoms with Crippen molar-refractivity contribution in [3.63, 3.8) is 0 Å². The predicted octanol–water partition coefficient (Wildman–Crippen LogP) is 3.08. The first-order chi connectivity index (χ1) is 8.79. The van der Waals surface area contributed by atoms with E-state index >= 15 is 0 Å². The van der Waals surface area contributed by atoms with E-state index in [-0.39, 0.29) is 0 Å². The van der Waals surface area contributed by atoms with E-state index in [9.17, 15) is 0 Å². The summed E-state index contributed by atoms with van der Waals surface area (Å²) >= 11 is 1.83. The topological polar surface area (TPSA) is 34.1 Å². The summed E-state index contributed by atoms with van der Waals surface area (Å²) in [5.41, 5.74) is 2.32. The van der Waals surface area contributed by atoms with Gasteiger partial charge in [-0.15, -0.1) is 11.3 Å². The van der Waals surface area contributed by atoms with Gasteiger partial charge < -0.3 is 10.1 Å². The molecule has 4 heteroatoms. The molecule has 1 aliphatic rings. The Bertz CT molecular complexity index is 558. The average Bonchev–Trinajstić information content (AvgIpc) is 2.86. The molecule has 1 aliphatic heterocycles. The molecular weight excluding hydrogens is 244 g/mol. The van der Waals surface area contributed by atoms with E-state index in [1.165, 1.54) is 28.1 Å². The van der Waals surface area contributed by atoms with Crippen LogP contribution in [0, 0.1) is 6.92 Å². The van der Waals surface area contributed by atoms with Crippen LogP contribution >= 0.6 is 11.3 Å². The van der Waals surface area contributed by atoms with Gasteiger partial charge in [-0.05, 0) is 37.9 Å². The highest BCUT2D eigenvalue weighted by Crippen LogP contribution is 2.36. The molecule has 2 heterocycles. The minimum absolute atomic E-state index is 0.570. The summed E-state index contributed by atoms with van der Waals surface area (Å²) in [5.74, 6) is 1.46. The maximum absolute atomic E-state index is 5.41. The predicted molar refractivity (Wildman–Crippen MR) is 75.8 cm³/mol. The maximum atomic E-state index is 5.41. The van der Waals surface area contributed by atoms with Crippen molar-refractivity contribution >= 4 is 21.6 Å². The number of piperidine rings is 1. The lowest BCUT2D eigenvalue weighted by atomic mass is 10.0. The van der Waals surface area contributed by atoms with E-state index < -0.39 is 0 Å². The molecule has 96 valence electrons. The number of nitrogens with one attached hydrogen (secondary N) is 1. The minimum Gasteiger partial charge on any atom is -0.494 e. The highest BCUT2D eigenvalue weighted by atomic mass is 32.1. The Labute approximate surface area is 111 Å². The average molecular weight is 262 g/mol. The zero-order chi connectivity index (χ0) is 12.5. The first-order valence-electron chi connectivity index (χ1n) is 6.44. The van der Waals surface area contributed by atoms with Crippen molar-refractivity contribution in [1.82, 2.24) is 10.3 Å². The van der Waals surface area contributed by atoms with Crippen molar-refractivity contribution in [2.45, 2.75) is 25.7 Å². The molecule has 1 fully saturated rings. The molecule has 18 heavy (non-hydrogen) atoms. The molecule has 1 aromatic carbocycles. The fraction of sp³-hybridized carbons (Fsp3) is 0.500. The second kappa shape index (κ2) is 4.86. The quantitative estimate of drug-likeness (QED) is 0.903. The Balaban J connectivity index is 2.06. The molecule has 1 N–H and O–H groups in total. The summed E-state index contributed by atoms with van der Waals surface area (Å²) in [7, 11) is 1.71. The standard InChI is InChI=1S/C14H18N2OS/c1-9-5-6-11(17-2)12-13(9)18-14(16-12)10-4-3-7-15-8-10/h5-6,10,15H,3-4,7-8H2,1-2H3. The number of hydrogen-bond donors (Lipinski definition) is 1. The number of fused-ring (bicyclic) bond motifs is 1. The monoisotopic (exact) mass is 262 g/mol. The van der Waals surface area contributed by atoms with Crippen LogP contribution in [-0.4, -0.2) is 25.2 Å². The van der Waals surface area contributed by atoms with Gasteiger partial charge in [0.15, 0.2) is 0 Å². The molecule has 0 saturated carbocycles. The van der Waals surface area contributed by atoms with Crippen molar-refractivity contribution < 1.29 is 4.74 Å². The summed E-state index contributed by atoms with van der Waals surface area (Å²) in [4.78, 5) is 4.82. The van der Waals surface area contributed by atoms with Gasteiger partial charge >= 0.3 is 0 Å². The van der Waals surface area contributed by atoms with Crippen molar-refractivity contribution in [1.29, 1.82) is 0 Å². The van der Waals surface area contributed by atoms with Gasteiger partial charge in [-0.2, -0.15) is 0 Å². The minimum atomic E-state index is 0.570. The Morgan fingerprint density at radius 1 is 1.44 bits per heavy atom. The molecule has 1 saturated heterocycles. The van der Waals surface area contributed by atoms with Crippen LogP contribution in [0.25, 0.3) is 10.2 Å². The van der Waals surface area contributed by atoms with Gasteiger partial charge in [-0.1, -0.05) is 6.07 Å². The van der Waals surface area contributed by atoms with Gasteiger partial charge in [0.05, 0.1) is 16.8 Å². The van der Waals surface area contributed by atoms with E-state index in [4.69, 9.17) is 9.72 Å². The number of aromatic nitrogens is 1. The number of methoxy groups -OCH3 is 1. The van der Waals surface area contributed by atoms with Crippen LogP contribution in [0.3, 0.4) is 0 Å². The number of benzene rings is 1. The number of rotatable bonds is 2. The zero-order valence-corrected chi connectivity index (χ0v) is 11.6. The molecular formula is C14H18N2OS. The number of nitrogens with zero attached hydrogens (tertiary/aromatic N) is 1. The fourth-order valence-electron chi connectivity index (χ4n) is 2.53. The van der Waals surface area contributed by atoms with Gasteiger partial charge in [-0.3, -0.25) is 0 Å². The summed E-state index contributed by atoms with van der Waals surface area (Å²) in [6, 6.07) is 4.13. The summed E-state index contributed by atoms with van der Waals surface area (Å²) in [6.45, 7) is 4.34. The van der Waals surface area contributed by atoms with E-state index in [1.54, 1.807) is 7.11 Å². The maximum Gasteiger partial charge on any atom is 0.145 e. The lowest BCUT2D eigenvalue weighted by Crippen LogP contribution is -2.28. The first kappa shape index (κ1) is 11.9. The van der Waals surface area contributed by atoms with E-state index in [0.717, 1.165) is 24.4 Å². The lowest BCUT2D eigenvalue weighted by molar-refractivity contribution is 0.418. The lowest BCUT2D eigenvalue weighted by Gasteiger charge is -2.20. The zero-order valence-electron chi connectivity index (χ0n) is 10.8. The molecule has 1 aromatic heterocycles. The Morgan fingerprint density at radius 3 is 3.06 bits per heavy atom. The SMILES string of the molecule is COc1ccc(C)c2sc(C3CCCNC3)nc12. The third-order valence-electron chi connectivity index (χ3n) is 3.59. The highest BCUT2D eigenvalue weighted by Gasteiger charge is 2.20. The normalized spacial score (nSPS) is 20.2. The molecule has 1 atom stereocenters. The Hall–Kier alpha value is -1.13. The third kappa shape index (κ3) is 1.99. The van der Waals surface area contributed by atoms with Crippen LogP contribution in [0.5, 0.6) is 5.75 Å². The largest absolute Gasteiger partial charge is 0.494 e. The first-order valence-corrected chi connectivity index (χ1v) is 7.26. The van der Waals surface area contributed by atoms with Crippen LogP contribution in [0.2, 0.25) is 0 Å². The number of aryl methyl sites for hydroxylation is 1. The fourth-order valence-corrected chi connectivity index (χ4v) is 3.71. The van der Waals surface area contributed by atoms with Crippen molar-refractivity contribution in [2.75, 3.05) is 20.2 Å². The molecule has 0 aliphatic carbocycles. The molecule has 0 amide bonds. The second-order valence-corrected chi connectivity index (χ2v) is 5.89. The van der Waals surface area contributed by atoms with Crippen molar-refractivity contribution in [3.8, 4) is 5.75 Å². The molecule has 2 aromatic rings.